The lowest BCUT2D eigenvalue weighted by atomic mass is 9.97. The van der Waals surface area contributed by atoms with Crippen LogP contribution in [0.15, 0.2) is 82.9 Å². The molecular weight excluding hydrogens is 448 g/mol. The van der Waals surface area contributed by atoms with Crippen molar-refractivity contribution < 1.29 is 4.79 Å². The Hall–Kier alpha value is -3.84. The Kier molecular flexibility index (Phi) is 5.71. The largest absolute Gasteiger partial charge is 0.378 e. The average Bonchev–Trinajstić information content (AvgIpc) is 3.07. The zero-order valence-electron chi connectivity index (χ0n) is 19.2. The molecular formula is C26H25ClN6O. The molecule has 2 amide bonds. The average molecular weight is 473 g/mol. The van der Waals surface area contributed by atoms with Gasteiger partial charge in [0.1, 0.15) is 6.04 Å². The summed E-state index contributed by atoms with van der Waals surface area (Å²) in [6.45, 7) is 0. The minimum atomic E-state index is -0.476. The molecule has 34 heavy (non-hydrogen) atoms. The molecule has 2 heterocycles. The van der Waals surface area contributed by atoms with Crippen LogP contribution in [0.3, 0.4) is 0 Å². The number of halogens is 1. The van der Waals surface area contributed by atoms with Crippen LogP contribution in [0.25, 0.3) is 0 Å². The summed E-state index contributed by atoms with van der Waals surface area (Å²) in [5.74, 6) is 0.634. The molecule has 7 nitrogen and oxygen atoms in total. The number of hydrazone groups is 1. The molecule has 172 valence electrons. The molecule has 0 saturated heterocycles. The molecule has 2 atom stereocenters. The van der Waals surface area contributed by atoms with E-state index in [9.17, 15) is 4.79 Å². The minimum absolute atomic E-state index is 0.372. The van der Waals surface area contributed by atoms with Crippen molar-refractivity contribution in [3.63, 3.8) is 0 Å². The highest BCUT2D eigenvalue weighted by atomic mass is 35.5. The Morgan fingerprint density at radius 1 is 1.00 bits per heavy atom. The second-order valence-corrected chi connectivity index (χ2v) is 8.96. The van der Waals surface area contributed by atoms with Crippen molar-refractivity contribution in [1.82, 2.24) is 10.7 Å². The van der Waals surface area contributed by atoms with E-state index in [0.717, 1.165) is 33.8 Å². The van der Waals surface area contributed by atoms with Gasteiger partial charge in [-0.2, -0.15) is 5.10 Å². The van der Waals surface area contributed by atoms with Crippen LogP contribution in [0.1, 0.15) is 22.7 Å². The van der Waals surface area contributed by atoms with Crippen LogP contribution in [0.4, 0.5) is 16.2 Å². The van der Waals surface area contributed by atoms with E-state index >= 15 is 0 Å². The van der Waals surface area contributed by atoms with Gasteiger partial charge in [0.15, 0.2) is 5.84 Å². The van der Waals surface area contributed by atoms with Gasteiger partial charge in [-0.25, -0.2) is 10.2 Å². The Morgan fingerprint density at radius 3 is 2.44 bits per heavy atom. The van der Waals surface area contributed by atoms with Crippen LogP contribution < -0.4 is 20.5 Å². The second-order valence-electron chi connectivity index (χ2n) is 8.53. The van der Waals surface area contributed by atoms with Crippen molar-refractivity contribution in [2.24, 2.45) is 10.1 Å². The molecule has 2 N–H and O–H groups in total. The summed E-state index contributed by atoms with van der Waals surface area (Å²) >= 11 is 6.42. The molecule has 0 aromatic heterocycles. The lowest BCUT2D eigenvalue weighted by Gasteiger charge is -2.28. The number of benzene rings is 3. The van der Waals surface area contributed by atoms with E-state index in [-0.39, 0.29) is 6.03 Å². The maximum atomic E-state index is 12.6. The van der Waals surface area contributed by atoms with Gasteiger partial charge in [-0.05, 0) is 35.9 Å². The van der Waals surface area contributed by atoms with Gasteiger partial charge in [0.25, 0.3) is 0 Å². The topological polar surface area (TPSA) is 72.3 Å². The number of carbonyl (C=O) groups excluding carboxylic acids is 1. The van der Waals surface area contributed by atoms with Gasteiger partial charge in [0.05, 0.1) is 17.4 Å². The maximum Gasteiger partial charge on any atom is 0.335 e. The summed E-state index contributed by atoms with van der Waals surface area (Å²) in [7, 11) is 5.93. The molecule has 0 saturated carbocycles. The molecule has 0 spiro atoms. The lowest BCUT2D eigenvalue weighted by Crippen LogP contribution is -2.42. The fraction of sp³-hybridized carbons (Fsp3) is 0.192. The standard InChI is InChI=1S/C26H25ClN6O/c1-32(2)19-12-9-17(10-13-19)23-24-25(30-31-26(34)29-23)33(3)21-14-11-18(27)15-20(21)22(28-24)16-7-5-4-6-8-16/h4-15,23-24H,1-3H3,(H2,29,31,34). The number of nitrogens with zero attached hydrogens (tertiary/aromatic N) is 4. The van der Waals surface area contributed by atoms with Gasteiger partial charge in [-0.1, -0.05) is 54.1 Å². The van der Waals surface area contributed by atoms with Gasteiger partial charge in [-0.15, -0.1) is 0 Å². The van der Waals surface area contributed by atoms with Crippen molar-refractivity contribution in [3.05, 3.63) is 94.5 Å². The molecule has 3 aromatic carbocycles. The highest BCUT2D eigenvalue weighted by Crippen LogP contribution is 2.34. The van der Waals surface area contributed by atoms with E-state index < -0.39 is 12.1 Å². The number of anilines is 2. The third kappa shape index (κ3) is 3.99. The third-order valence-corrected chi connectivity index (χ3v) is 6.38. The van der Waals surface area contributed by atoms with Gasteiger partial charge in [-0.3, -0.25) is 4.99 Å². The van der Waals surface area contributed by atoms with Crippen molar-refractivity contribution >= 4 is 40.6 Å². The van der Waals surface area contributed by atoms with E-state index in [4.69, 9.17) is 16.6 Å². The minimum Gasteiger partial charge on any atom is -0.378 e. The summed E-state index contributed by atoms with van der Waals surface area (Å²) in [6.07, 6.45) is 0. The zero-order chi connectivity index (χ0) is 23.8. The summed E-state index contributed by atoms with van der Waals surface area (Å²) in [4.78, 5) is 21.8. The molecule has 2 aliphatic heterocycles. The van der Waals surface area contributed by atoms with E-state index in [1.165, 1.54) is 0 Å². The molecule has 0 aliphatic carbocycles. The van der Waals surface area contributed by atoms with Crippen molar-refractivity contribution in [1.29, 1.82) is 0 Å². The number of urea groups is 1. The summed E-state index contributed by atoms with van der Waals surface area (Å²) < 4.78 is 0. The van der Waals surface area contributed by atoms with Gasteiger partial charge < -0.3 is 15.1 Å². The first-order chi connectivity index (χ1) is 16.4. The normalized spacial score (nSPS) is 19.4. The molecule has 2 unspecified atom stereocenters. The van der Waals surface area contributed by atoms with Gasteiger partial charge in [0.2, 0.25) is 0 Å². The number of carbonyl (C=O) groups is 1. The number of hydrogen-bond donors (Lipinski definition) is 2. The Balaban J connectivity index is 1.72. The van der Waals surface area contributed by atoms with Crippen LogP contribution in [0, 0.1) is 0 Å². The van der Waals surface area contributed by atoms with Crippen molar-refractivity contribution in [3.8, 4) is 0 Å². The Bertz CT molecular complexity index is 1290. The first kappa shape index (κ1) is 22.0. The van der Waals surface area contributed by atoms with E-state index in [1.807, 2.05) is 104 Å². The van der Waals surface area contributed by atoms with Crippen LogP contribution in [0.5, 0.6) is 0 Å². The first-order valence-corrected chi connectivity index (χ1v) is 11.4. The predicted octanol–water partition coefficient (Wildman–Crippen LogP) is 4.43. The van der Waals surface area contributed by atoms with Crippen LogP contribution in [-0.2, 0) is 0 Å². The quantitative estimate of drug-likeness (QED) is 0.592. The van der Waals surface area contributed by atoms with E-state index in [1.54, 1.807) is 0 Å². The number of fused-ring (bicyclic) bond motifs is 2. The predicted molar refractivity (Wildman–Crippen MR) is 138 cm³/mol. The second kappa shape index (κ2) is 8.83. The van der Waals surface area contributed by atoms with E-state index in [0.29, 0.717) is 10.9 Å². The zero-order valence-corrected chi connectivity index (χ0v) is 19.9. The molecule has 2 aliphatic rings. The summed E-state index contributed by atoms with van der Waals surface area (Å²) in [6, 6.07) is 22.6. The molecule has 3 aromatic rings. The molecule has 0 fully saturated rings. The number of aliphatic imine (C=N–C) groups is 1. The fourth-order valence-corrected chi connectivity index (χ4v) is 4.55. The number of likely N-dealkylation sites (N-methyl/N-ethyl adjacent to an activating group) is 1. The van der Waals surface area contributed by atoms with E-state index in [2.05, 4.69) is 15.8 Å². The number of rotatable bonds is 3. The van der Waals surface area contributed by atoms with Crippen molar-refractivity contribution in [2.75, 3.05) is 30.9 Å². The SMILES string of the molecule is CN(C)c1ccc(C2NC(=O)NN=C3C2N=C(c2ccccc2)c2cc(Cl)ccc2N3C)cc1. The first-order valence-electron chi connectivity index (χ1n) is 11.0. The number of amides is 2. The number of amidine groups is 1. The van der Waals surface area contributed by atoms with Gasteiger partial charge in [0, 0.05) is 43.0 Å². The smallest absolute Gasteiger partial charge is 0.335 e. The summed E-state index contributed by atoms with van der Waals surface area (Å²) in [5, 5.41) is 8.16. The summed E-state index contributed by atoms with van der Waals surface area (Å²) in [5.41, 5.74) is 8.21. The molecule has 5 rings (SSSR count). The molecule has 0 bridgehead atoms. The highest BCUT2D eigenvalue weighted by Gasteiger charge is 2.37. The van der Waals surface area contributed by atoms with Crippen LogP contribution in [0.2, 0.25) is 5.02 Å². The van der Waals surface area contributed by atoms with Crippen molar-refractivity contribution in [2.45, 2.75) is 12.1 Å². The number of hydrogen-bond acceptors (Lipinski definition) is 5. The highest BCUT2D eigenvalue weighted by molar-refractivity contribution is 6.32. The van der Waals surface area contributed by atoms with Crippen LogP contribution in [-0.4, -0.2) is 44.8 Å². The Morgan fingerprint density at radius 2 is 1.74 bits per heavy atom. The fourth-order valence-electron chi connectivity index (χ4n) is 4.38. The van der Waals surface area contributed by atoms with Gasteiger partial charge >= 0.3 is 6.03 Å². The number of nitrogens with one attached hydrogen (secondary N) is 2. The Labute approximate surface area is 203 Å². The monoisotopic (exact) mass is 472 g/mol. The molecule has 8 heteroatoms. The maximum absolute atomic E-state index is 12.6. The van der Waals surface area contributed by atoms with Crippen LogP contribution >= 0.6 is 11.6 Å². The molecule has 0 radical (unpaired) electrons. The lowest BCUT2D eigenvalue weighted by molar-refractivity contribution is 0.238. The third-order valence-electron chi connectivity index (χ3n) is 6.14.